The molecule has 1 aromatic heterocycles. The number of carbonyl (C=O) groups is 2. The van der Waals surface area contributed by atoms with E-state index in [1.165, 1.54) is 5.56 Å². The van der Waals surface area contributed by atoms with Gasteiger partial charge >= 0.3 is 0 Å². The summed E-state index contributed by atoms with van der Waals surface area (Å²) < 4.78 is 1.75. The molecule has 0 N–H and O–H groups in total. The van der Waals surface area contributed by atoms with E-state index in [9.17, 15) is 9.59 Å². The lowest BCUT2D eigenvalue weighted by molar-refractivity contribution is -0.133. The monoisotopic (exact) mass is 394 g/mol. The zero-order valence-corrected chi connectivity index (χ0v) is 17.5. The SMILES string of the molecule is CC(=O)N1CCCC[C@@H]2[C@H]1[C@@H](c1ccccc1)CCN2C(=O)c1cnn(C)c1C. The number of carbonyl (C=O) groups excluding carboxylic acids is 2. The lowest BCUT2D eigenvalue weighted by Gasteiger charge is -2.49. The first kappa shape index (κ1) is 19.7. The van der Waals surface area contributed by atoms with Gasteiger partial charge in [-0.2, -0.15) is 5.10 Å². The molecule has 2 amide bonds. The van der Waals surface area contributed by atoms with Crippen molar-refractivity contribution in [3.63, 3.8) is 0 Å². The number of hydrogen-bond donors (Lipinski definition) is 0. The highest BCUT2D eigenvalue weighted by Gasteiger charge is 2.45. The number of benzene rings is 1. The summed E-state index contributed by atoms with van der Waals surface area (Å²) >= 11 is 0. The maximum absolute atomic E-state index is 13.5. The Kier molecular flexibility index (Phi) is 5.43. The minimum atomic E-state index is 0.0204. The Morgan fingerprint density at radius 2 is 1.79 bits per heavy atom. The Balaban J connectivity index is 1.73. The topological polar surface area (TPSA) is 58.4 Å². The number of piperidine rings is 1. The van der Waals surface area contributed by atoms with E-state index in [1.807, 2.05) is 29.8 Å². The molecule has 6 nitrogen and oxygen atoms in total. The Hall–Kier alpha value is -2.63. The molecule has 0 saturated carbocycles. The van der Waals surface area contributed by atoms with Crippen molar-refractivity contribution in [3.05, 3.63) is 53.3 Å². The second-order valence-electron chi connectivity index (χ2n) is 8.34. The van der Waals surface area contributed by atoms with E-state index in [-0.39, 0.29) is 29.8 Å². The van der Waals surface area contributed by atoms with E-state index < -0.39 is 0 Å². The molecule has 154 valence electrons. The summed E-state index contributed by atoms with van der Waals surface area (Å²) in [5.41, 5.74) is 2.82. The first-order valence-electron chi connectivity index (χ1n) is 10.6. The van der Waals surface area contributed by atoms with Crippen LogP contribution in [0.25, 0.3) is 0 Å². The van der Waals surface area contributed by atoms with Crippen LogP contribution in [0, 0.1) is 6.92 Å². The lowest BCUT2D eigenvalue weighted by atomic mass is 9.78. The average Bonchev–Trinajstić information content (AvgIpc) is 2.93. The summed E-state index contributed by atoms with van der Waals surface area (Å²) in [6.07, 6.45) is 5.49. The molecular weight excluding hydrogens is 364 g/mol. The van der Waals surface area contributed by atoms with Gasteiger partial charge in [-0.15, -0.1) is 0 Å². The average molecular weight is 395 g/mol. The van der Waals surface area contributed by atoms with Crippen molar-refractivity contribution in [2.24, 2.45) is 7.05 Å². The third-order valence-electron chi connectivity index (χ3n) is 6.76. The van der Waals surface area contributed by atoms with Gasteiger partial charge in [0.15, 0.2) is 0 Å². The molecule has 2 aliphatic heterocycles. The van der Waals surface area contributed by atoms with Gasteiger partial charge in [0.1, 0.15) is 0 Å². The van der Waals surface area contributed by atoms with E-state index >= 15 is 0 Å². The van der Waals surface area contributed by atoms with E-state index in [4.69, 9.17) is 0 Å². The Morgan fingerprint density at radius 1 is 1.03 bits per heavy atom. The fourth-order valence-corrected chi connectivity index (χ4v) is 5.15. The van der Waals surface area contributed by atoms with Crippen LogP contribution in [0.3, 0.4) is 0 Å². The van der Waals surface area contributed by atoms with Crippen molar-refractivity contribution < 1.29 is 9.59 Å². The molecule has 2 aliphatic rings. The fourth-order valence-electron chi connectivity index (χ4n) is 5.15. The van der Waals surface area contributed by atoms with Crippen LogP contribution >= 0.6 is 0 Å². The summed E-state index contributed by atoms with van der Waals surface area (Å²) in [6, 6.07) is 10.5. The standard InChI is InChI=1S/C23H30N4O2/c1-16-20(15-24-25(16)3)23(29)27-14-12-19(18-9-5-4-6-10-18)22-21(27)11-7-8-13-26(22)17(2)28/h4-6,9-10,15,19,21-22H,7-8,11-14H2,1-3H3/t19-,21-,22-/m1/s1. The summed E-state index contributed by atoms with van der Waals surface area (Å²) in [5.74, 6) is 0.402. The van der Waals surface area contributed by atoms with Crippen LogP contribution in [0.5, 0.6) is 0 Å². The highest BCUT2D eigenvalue weighted by molar-refractivity contribution is 5.95. The van der Waals surface area contributed by atoms with Crippen molar-refractivity contribution in [1.82, 2.24) is 19.6 Å². The van der Waals surface area contributed by atoms with Crippen molar-refractivity contribution >= 4 is 11.8 Å². The number of likely N-dealkylation sites (tertiary alicyclic amines) is 2. The quantitative estimate of drug-likeness (QED) is 0.786. The Bertz CT molecular complexity index is 892. The largest absolute Gasteiger partial charge is 0.337 e. The molecule has 2 fully saturated rings. The zero-order chi connectivity index (χ0) is 20.5. The number of hydrogen-bond acceptors (Lipinski definition) is 3. The molecular formula is C23H30N4O2. The van der Waals surface area contributed by atoms with Crippen LogP contribution in [0.1, 0.15) is 60.1 Å². The Morgan fingerprint density at radius 3 is 2.45 bits per heavy atom. The van der Waals surface area contributed by atoms with Gasteiger partial charge in [-0.1, -0.05) is 30.3 Å². The minimum Gasteiger partial charge on any atom is -0.337 e. The van der Waals surface area contributed by atoms with Gasteiger partial charge in [-0.3, -0.25) is 14.3 Å². The van der Waals surface area contributed by atoms with Crippen LogP contribution in [-0.4, -0.2) is 56.6 Å². The van der Waals surface area contributed by atoms with Crippen molar-refractivity contribution in [3.8, 4) is 0 Å². The van der Waals surface area contributed by atoms with E-state index in [0.29, 0.717) is 12.1 Å². The van der Waals surface area contributed by atoms with Crippen molar-refractivity contribution in [1.29, 1.82) is 0 Å². The second-order valence-corrected chi connectivity index (χ2v) is 8.34. The molecule has 3 heterocycles. The van der Waals surface area contributed by atoms with Gasteiger partial charge in [0, 0.05) is 38.7 Å². The minimum absolute atomic E-state index is 0.0204. The van der Waals surface area contributed by atoms with Crippen LogP contribution in [0.4, 0.5) is 0 Å². The normalized spacial score (nSPS) is 24.7. The number of rotatable bonds is 2. The van der Waals surface area contributed by atoms with Crippen LogP contribution in [-0.2, 0) is 11.8 Å². The number of amides is 2. The zero-order valence-electron chi connectivity index (χ0n) is 17.5. The van der Waals surface area contributed by atoms with Crippen molar-refractivity contribution in [2.45, 2.75) is 57.5 Å². The molecule has 4 rings (SSSR count). The predicted octanol–water partition coefficient (Wildman–Crippen LogP) is 3.13. The van der Waals surface area contributed by atoms with Gasteiger partial charge in [-0.05, 0) is 38.2 Å². The molecule has 29 heavy (non-hydrogen) atoms. The molecule has 0 bridgehead atoms. The summed E-state index contributed by atoms with van der Waals surface area (Å²) in [5, 5.41) is 4.26. The first-order valence-corrected chi connectivity index (χ1v) is 10.6. The number of nitrogens with zero attached hydrogens (tertiary/aromatic N) is 4. The summed E-state index contributed by atoms with van der Waals surface area (Å²) in [6.45, 7) is 5.08. The van der Waals surface area contributed by atoms with Crippen molar-refractivity contribution in [2.75, 3.05) is 13.1 Å². The highest BCUT2D eigenvalue weighted by Crippen LogP contribution is 2.39. The number of aryl methyl sites for hydroxylation is 1. The van der Waals surface area contributed by atoms with Crippen LogP contribution < -0.4 is 0 Å². The van der Waals surface area contributed by atoms with Gasteiger partial charge in [-0.25, -0.2) is 0 Å². The predicted molar refractivity (Wildman–Crippen MR) is 112 cm³/mol. The van der Waals surface area contributed by atoms with Crippen LogP contribution in [0.15, 0.2) is 36.5 Å². The molecule has 3 atom stereocenters. The first-order chi connectivity index (χ1) is 14.0. The molecule has 2 aromatic rings. The number of fused-ring (bicyclic) bond motifs is 1. The fraction of sp³-hybridized carbons (Fsp3) is 0.522. The highest BCUT2D eigenvalue weighted by atomic mass is 16.2. The second kappa shape index (κ2) is 8.01. The molecule has 1 aromatic carbocycles. The van der Waals surface area contributed by atoms with Gasteiger partial charge in [0.25, 0.3) is 5.91 Å². The van der Waals surface area contributed by atoms with E-state index in [0.717, 1.165) is 37.9 Å². The number of aromatic nitrogens is 2. The van der Waals surface area contributed by atoms with E-state index in [2.05, 4.69) is 29.4 Å². The lowest BCUT2D eigenvalue weighted by Crippen LogP contribution is -2.60. The van der Waals surface area contributed by atoms with Gasteiger partial charge in [0.2, 0.25) is 5.91 Å². The third-order valence-corrected chi connectivity index (χ3v) is 6.76. The van der Waals surface area contributed by atoms with Gasteiger partial charge < -0.3 is 9.80 Å². The maximum Gasteiger partial charge on any atom is 0.257 e. The Labute approximate surface area is 172 Å². The third kappa shape index (κ3) is 3.56. The maximum atomic E-state index is 13.5. The summed E-state index contributed by atoms with van der Waals surface area (Å²) in [4.78, 5) is 30.1. The molecule has 2 saturated heterocycles. The molecule has 0 radical (unpaired) electrons. The molecule has 0 spiro atoms. The molecule has 0 unspecified atom stereocenters. The van der Waals surface area contributed by atoms with E-state index in [1.54, 1.807) is 17.8 Å². The molecule has 0 aliphatic carbocycles. The summed E-state index contributed by atoms with van der Waals surface area (Å²) in [7, 11) is 1.86. The van der Waals surface area contributed by atoms with Gasteiger partial charge in [0.05, 0.1) is 23.8 Å². The molecule has 6 heteroatoms. The van der Waals surface area contributed by atoms with Crippen LogP contribution in [0.2, 0.25) is 0 Å². The smallest absolute Gasteiger partial charge is 0.257 e.